The molecule has 102 valence electrons. The highest BCUT2D eigenvalue weighted by atomic mass is 16.5. The Kier molecular flexibility index (Phi) is 4.35. The number of nitrogens with zero attached hydrogens (tertiary/aromatic N) is 2. The summed E-state index contributed by atoms with van der Waals surface area (Å²) < 4.78 is 11.2. The summed E-state index contributed by atoms with van der Waals surface area (Å²) >= 11 is 0. The molecule has 1 aromatic rings. The second kappa shape index (κ2) is 5.80. The monoisotopic (exact) mass is 253 g/mol. The number of hydrogen-bond acceptors (Lipinski definition) is 5. The molecule has 2 rings (SSSR count). The van der Waals surface area contributed by atoms with Crippen LogP contribution < -0.4 is 5.73 Å². The molecule has 18 heavy (non-hydrogen) atoms. The molecule has 0 saturated heterocycles. The maximum absolute atomic E-state index is 6.00. The zero-order valence-corrected chi connectivity index (χ0v) is 11.3. The Morgan fingerprint density at radius 2 is 2.39 bits per heavy atom. The maximum Gasteiger partial charge on any atom is 0.228 e. The normalized spacial score (nSPS) is 28.5. The van der Waals surface area contributed by atoms with Crippen molar-refractivity contribution in [2.75, 3.05) is 13.2 Å². The molecule has 2 unspecified atom stereocenters. The van der Waals surface area contributed by atoms with Gasteiger partial charge < -0.3 is 15.0 Å². The van der Waals surface area contributed by atoms with Gasteiger partial charge in [-0.15, -0.1) is 0 Å². The molecule has 1 aliphatic rings. The Labute approximate surface area is 108 Å². The van der Waals surface area contributed by atoms with E-state index < -0.39 is 0 Å². The SMILES string of the molecule is CCOC1(c2noc(CCN)n2)CCCC(C)C1. The number of aromatic nitrogens is 2. The smallest absolute Gasteiger partial charge is 0.228 e. The van der Waals surface area contributed by atoms with Crippen molar-refractivity contribution in [3.05, 3.63) is 11.7 Å². The van der Waals surface area contributed by atoms with Crippen molar-refractivity contribution in [2.45, 2.75) is 51.6 Å². The summed E-state index contributed by atoms with van der Waals surface area (Å²) in [5, 5.41) is 4.12. The molecule has 2 atom stereocenters. The molecule has 0 aliphatic heterocycles. The summed E-state index contributed by atoms with van der Waals surface area (Å²) in [5.74, 6) is 1.96. The average Bonchev–Trinajstić information content (AvgIpc) is 2.79. The fraction of sp³-hybridized carbons (Fsp3) is 0.846. The van der Waals surface area contributed by atoms with Gasteiger partial charge in [-0.1, -0.05) is 18.5 Å². The largest absolute Gasteiger partial charge is 0.367 e. The van der Waals surface area contributed by atoms with Gasteiger partial charge in [-0.2, -0.15) is 4.98 Å². The second-order valence-electron chi connectivity index (χ2n) is 5.18. The van der Waals surface area contributed by atoms with Gasteiger partial charge in [0.15, 0.2) is 0 Å². The molecule has 1 heterocycles. The van der Waals surface area contributed by atoms with E-state index in [2.05, 4.69) is 17.1 Å². The molecule has 5 heteroatoms. The van der Waals surface area contributed by atoms with Gasteiger partial charge in [-0.25, -0.2) is 0 Å². The van der Waals surface area contributed by atoms with Gasteiger partial charge in [0.05, 0.1) is 0 Å². The van der Waals surface area contributed by atoms with E-state index in [0.29, 0.717) is 37.2 Å². The van der Waals surface area contributed by atoms with Crippen molar-refractivity contribution in [2.24, 2.45) is 11.7 Å². The van der Waals surface area contributed by atoms with Crippen LogP contribution in [-0.4, -0.2) is 23.3 Å². The summed E-state index contributed by atoms with van der Waals surface area (Å²) in [5.41, 5.74) is 5.16. The van der Waals surface area contributed by atoms with E-state index >= 15 is 0 Å². The maximum atomic E-state index is 6.00. The van der Waals surface area contributed by atoms with E-state index in [0.717, 1.165) is 19.3 Å². The van der Waals surface area contributed by atoms with Gasteiger partial charge in [-0.3, -0.25) is 0 Å². The molecule has 1 aliphatic carbocycles. The highest BCUT2D eigenvalue weighted by Gasteiger charge is 2.41. The van der Waals surface area contributed by atoms with Gasteiger partial charge >= 0.3 is 0 Å². The summed E-state index contributed by atoms with van der Waals surface area (Å²) in [6.07, 6.45) is 4.99. The van der Waals surface area contributed by atoms with Crippen LogP contribution in [0.4, 0.5) is 0 Å². The topological polar surface area (TPSA) is 74.2 Å². The zero-order chi connectivity index (χ0) is 13.0. The van der Waals surface area contributed by atoms with Crippen LogP contribution in [0.1, 0.15) is 51.2 Å². The Hall–Kier alpha value is -0.940. The lowest BCUT2D eigenvalue weighted by Gasteiger charge is -2.37. The van der Waals surface area contributed by atoms with Crippen LogP contribution in [0.2, 0.25) is 0 Å². The first-order valence-electron chi connectivity index (χ1n) is 6.87. The minimum Gasteiger partial charge on any atom is -0.367 e. The standard InChI is InChI=1S/C13H23N3O2/c1-3-17-13(7-4-5-10(2)9-13)12-15-11(6-8-14)18-16-12/h10H,3-9,14H2,1-2H3. The molecular formula is C13H23N3O2. The lowest BCUT2D eigenvalue weighted by atomic mass is 9.78. The Bertz CT molecular complexity index is 376. The summed E-state index contributed by atoms with van der Waals surface area (Å²) in [6.45, 7) is 5.48. The zero-order valence-electron chi connectivity index (χ0n) is 11.3. The van der Waals surface area contributed by atoms with Crippen molar-refractivity contribution in [3.63, 3.8) is 0 Å². The summed E-state index contributed by atoms with van der Waals surface area (Å²) in [7, 11) is 0. The molecule has 0 bridgehead atoms. The lowest BCUT2D eigenvalue weighted by molar-refractivity contribution is -0.0891. The number of hydrogen-bond donors (Lipinski definition) is 1. The molecule has 0 spiro atoms. The average molecular weight is 253 g/mol. The van der Waals surface area contributed by atoms with Gasteiger partial charge in [0.2, 0.25) is 11.7 Å². The minimum atomic E-state index is -0.344. The van der Waals surface area contributed by atoms with Crippen molar-refractivity contribution in [1.82, 2.24) is 10.1 Å². The molecule has 0 radical (unpaired) electrons. The minimum absolute atomic E-state index is 0.344. The first kappa shape index (κ1) is 13.5. The van der Waals surface area contributed by atoms with Crippen LogP contribution in [0.25, 0.3) is 0 Å². The van der Waals surface area contributed by atoms with Crippen LogP contribution >= 0.6 is 0 Å². The molecule has 1 fully saturated rings. The highest BCUT2D eigenvalue weighted by Crippen LogP contribution is 2.41. The van der Waals surface area contributed by atoms with Crippen molar-refractivity contribution in [3.8, 4) is 0 Å². The summed E-state index contributed by atoms with van der Waals surface area (Å²) in [6, 6.07) is 0. The molecule has 0 aromatic carbocycles. The number of nitrogens with two attached hydrogens (primary N) is 1. The third-order valence-corrected chi connectivity index (χ3v) is 3.61. The fourth-order valence-corrected chi connectivity index (χ4v) is 2.84. The van der Waals surface area contributed by atoms with E-state index in [4.69, 9.17) is 15.0 Å². The number of rotatable bonds is 5. The fourth-order valence-electron chi connectivity index (χ4n) is 2.84. The van der Waals surface area contributed by atoms with Crippen LogP contribution in [-0.2, 0) is 16.8 Å². The van der Waals surface area contributed by atoms with Gasteiger partial charge in [0.25, 0.3) is 0 Å². The third kappa shape index (κ3) is 2.72. The lowest BCUT2D eigenvalue weighted by Crippen LogP contribution is -2.36. The molecule has 2 N–H and O–H groups in total. The van der Waals surface area contributed by atoms with Crippen molar-refractivity contribution in [1.29, 1.82) is 0 Å². The van der Waals surface area contributed by atoms with Crippen LogP contribution in [0.3, 0.4) is 0 Å². The van der Waals surface area contributed by atoms with E-state index in [9.17, 15) is 0 Å². The first-order chi connectivity index (χ1) is 8.70. The van der Waals surface area contributed by atoms with E-state index in [1.54, 1.807) is 0 Å². The van der Waals surface area contributed by atoms with E-state index in [1.807, 2.05) is 6.92 Å². The van der Waals surface area contributed by atoms with Crippen LogP contribution in [0, 0.1) is 5.92 Å². The molecule has 1 aromatic heterocycles. The van der Waals surface area contributed by atoms with Crippen molar-refractivity contribution >= 4 is 0 Å². The van der Waals surface area contributed by atoms with Gasteiger partial charge in [0, 0.05) is 19.6 Å². The predicted octanol–water partition coefficient (Wildman–Crippen LogP) is 2.01. The number of ether oxygens (including phenoxy) is 1. The highest BCUT2D eigenvalue weighted by molar-refractivity contribution is 5.04. The quantitative estimate of drug-likeness (QED) is 0.869. The van der Waals surface area contributed by atoms with Crippen LogP contribution in [0.5, 0.6) is 0 Å². The third-order valence-electron chi connectivity index (χ3n) is 3.61. The van der Waals surface area contributed by atoms with E-state index in [-0.39, 0.29) is 5.60 Å². The first-order valence-corrected chi connectivity index (χ1v) is 6.87. The molecule has 1 saturated carbocycles. The molecular weight excluding hydrogens is 230 g/mol. The van der Waals surface area contributed by atoms with Gasteiger partial charge in [-0.05, 0) is 32.1 Å². The van der Waals surface area contributed by atoms with Crippen LogP contribution in [0.15, 0.2) is 4.52 Å². The Morgan fingerprint density at radius 1 is 1.56 bits per heavy atom. The molecule has 5 nitrogen and oxygen atoms in total. The van der Waals surface area contributed by atoms with Gasteiger partial charge in [0.1, 0.15) is 5.60 Å². The Balaban J connectivity index is 2.21. The Morgan fingerprint density at radius 3 is 3.06 bits per heavy atom. The van der Waals surface area contributed by atoms with Crippen molar-refractivity contribution < 1.29 is 9.26 Å². The second-order valence-corrected chi connectivity index (χ2v) is 5.18. The summed E-state index contributed by atoms with van der Waals surface area (Å²) in [4.78, 5) is 4.47. The molecule has 0 amide bonds. The predicted molar refractivity (Wildman–Crippen MR) is 68.0 cm³/mol. The van der Waals surface area contributed by atoms with E-state index in [1.165, 1.54) is 6.42 Å².